The Morgan fingerprint density at radius 1 is 0.586 bits per heavy atom. The van der Waals surface area contributed by atoms with Crippen LogP contribution in [0.3, 0.4) is 0 Å². The van der Waals surface area contributed by atoms with E-state index in [9.17, 15) is 46.7 Å². The first-order valence-corrected chi connectivity index (χ1v) is 37.1. The number of hydrogen-bond donors (Lipinski definition) is 3. The normalized spacial score (nSPS) is 30.1. The summed E-state index contributed by atoms with van der Waals surface area (Å²) >= 11 is 6.40. The Kier molecular flexibility index (Phi) is 28.7. The molecule has 3 heterocycles. The van der Waals surface area contributed by atoms with Crippen LogP contribution in [-0.2, 0) is 57.5 Å². The molecule has 3 N–H and O–H groups in total. The van der Waals surface area contributed by atoms with Gasteiger partial charge < -0.3 is 60.0 Å². The van der Waals surface area contributed by atoms with Crippen molar-refractivity contribution < 1.29 is 70.7 Å². The summed E-state index contributed by atoms with van der Waals surface area (Å²) < 4.78 is 42.0. The summed E-state index contributed by atoms with van der Waals surface area (Å²) in [5.41, 5.74) is -1.54. The predicted molar refractivity (Wildman–Crippen MR) is 365 cm³/mol. The summed E-state index contributed by atoms with van der Waals surface area (Å²) in [6.07, 6.45) is 6.22. The van der Waals surface area contributed by atoms with Gasteiger partial charge in [0.15, 0.2) is 0 Å². The number of carbonyl (C=O) groups excluding carboxylic acids is 12. The van der Waals surface area contributed by atoms with Gasteiger partial charge in [-0.3, -0.25) is 57.5 Å². The number of nitrogens with one attached hydrogen (secondary N) is 3. The number of rotatable bonds is 11. The third-order valence-corrected chi connectivity index (χ3v) is 23.4. The van der Waals surface area contributed by atoms with Crippen LogP contribution in [0, 0.1) is 35.5 Å². The first-order chi connectivity index (χ1) is 46.7. The van der Waals surface area contributed by atoms with Crippen molar-refractivity contribution in [2.45, 2.75) is 254 Å². The first kappa shape index (κ1) is 80.0. The first-order valence-electron chi connectivity index (χ1n) is 36.7. The molecule has 0 aromatic carbocycles. The van der Waals surface area contributed by atoms with Gasteiger partial charge in [0.05, 0.1) is 32.0 Å². The Bertz CT molecular complexity index is 2880. The SMILES string of the molecule is CC[C@H](C)[C@@H]1NC(=O)[C@H](CC(C)C)N(C)C(=O)C[C@@H](C(=O)N2CCCC2)N(C)C(=O)[C@H](C2CCCC2)N(C)C(=O)C2(CCCC2)NC(=O)[C@@H]2CCCN2C(=O)[C@H](CCC2CCC(C(F)(F)F)C(Cl)C2)NC(=O)CN(C)C(=O)[C@H](CC2CCCCC2)N(C)C(=O)CN(C)C(=O)CN(C)C1=O. The van der Waals surface area contributed by atoms with Gasteiger partial charge in [-0.25, -0.2) is 0 Å². The van der Waals surface area contributed by atoms with Crippen molar-refractivity contribution in [1.29, 1.82) is 0 Å². The zero-order valence-electron chi connectivity index (χ0n) is 60.6. The second-order valence-corrected chi connectivity index (χ2v) is 31.1. The van der Waals surface area contributed by atoms with Crippen LogP contribution < -0.4 is 16.0 Å². The molecule has 3 unspecified atom stereocenters. The van der Waals surface area contributed by atoms with E-state index in [2.05, 4.69) is 16.0 Å². The lowest BCUT2D eigenvalue weighted by atomic mass is 9.78. The topological polar surface area (TPSA) is 270 Å². The molecular weight excluding hydrogens is 1310 g/mol. The fourth-order valence-electron chi connectivity index (χ4n) is 16.5. The minimum absolute atomic E-state index is 0.00311. The van der Waals surface area contributed by atoms with E-state index in [1.165, 1.54) is 73.8 Å². The summed E-state index contributed by atoms with van der Waals surface area (Å²) in [5.74, 6) is -10.5. The molecule has 0 bridgehead atoms. The average Bonchev–Trinajstić information content (AvgIpc) is 1.73. The van der Waals surface area contributed by atoms with Crippen molar-refractivity contribution in [3.63, 3.8) is 0 Å². The van der Waals surface area contributed by atoms with Crippen molar-refractivity contribution in [3.8, 4) is 0 Å². The van der Waals surface area contributed by atoms with Gasteiger partial charge in [-0.2, -0.15) is 13.2 Å². The van der Waals surface area contributed by atoms with Crippen LogP contribution >= 0.6 is 11.6 Å². The summed E-state index contributed by atoms with van der Waals surface area (Å²) in [6, 6.07) is -8.49. The molecular formula is C71H114ClF3N12O12. The highest BCUT2D eigenvalue weighted by Crippen LogP contribution is 2.44. The number of nitrogens with zero attached hydrogens (tertiary/aromatic N) is 9. The zero-order chi connectivity index (χ0) is 73.0. The van der Waals surface area contributed by atoms with E-state index >= 15 is 24.0 Å². The molecule has 28 heteroatoms. The number of halogens is 4. The highest BCUT2D eigenvalue weighted by Gasteiger charge is 2.52. The largest absolute Gasteiger partial charge is 0.393 e. The molecule has 0 radical (unpaired) electrons. The Hall–Kier alpha value is -6.28. The Morgan fingerprint density at radius 2 is 1.19 bits per heavy atom. The standard InChI is InChI=1S/C71H114ClF3N12O12/c1-12-45(4)60-67(97)81(7)42-58(90)79(5)43-59(91)83(9)54(39-46-23-14-13-15-24-46)65(95)80(6)41-56(88)76-51(31-29-47-28-30-49(50(72)38-47)71(73,74)75)64(94)87-36-22-27-52(87)63(93)78-70(32-18-19-33-70)69(99)85(11)61(48-25-16-17-26-48)68(98)84(10)55(66(96)86-34-20-21-35-86)40-57(89)82(8)53(37-44(2)3)62(92)77-60/h44-55,60-61H,12-43H2,1-11H3,(H,76,88)(H,77,92)(H,78,93)/t45-,47?,49?,50?,51-,52-,53-,54-,55-,60-,61-/m0/s1. The number of hydrogen-bond acceptors (Lipinski definition) is 12. The molecule has 24 nitrogen and oxygen atoms in total. The Balaban J connectivity index is 1.26. The molecule has 0 aromatic heterocycles. The van der Waals surface area contributed by atoms with E-state index in [4.69, 9.17) is 11.6 Å². The van der Waals surface area contributed by atoms with Gasteiger partial charge in [0.1, 0.15) is 47.8 Å². The molecule has 99 heavy (non-hydrogen) atoms. The monoisotopic (exact) mass is 1420 g/mol. The molecule has 7 fully saturated rings. The summed E-state index contributed by atoms with van der Waals surface area (Å²) in [4.78, 5) is 190. The quantitative estimate of drug-likeness (QED) is 0.210. The number of likely N-dealkylation sites (tertiary alicyclic amines) is 1. The van der Waals surface area contributed by atoms with Gasteiger partial charge in [0.25, 0.3) is 0 Å². The molecule has 3 aliphatic heterocycles. The van der Waals surface area contributed by atoms with Crippen LogP contribution in [0.1, 0.15) is 195 Å². The minimum Gasteiger partial charge on any atom is -0.343 e. The molecule has 3 saturated heterocycles. The van der Waals surface area contributed by atoms with Crippen LogP contribution in [0.2, 0.25) is 0 Å². The second kappa shape index (κ2) is 35.5. The van der Waals surface area contributed by atoms with Gasteiger partial charge in [0, 0.05) is 74.3 Å². The lowest BCUT2D eigenvalue weighted by Gasteiger charge is -2.42. The van der Waals surface area contributed by atoms with Gasteiger partial charge >= 0.3 is 6.18 Å². The summed E-state index contributed by atoms with van der Waals surface area (Å²) in [7, 11) is 10.1. The predicted octanol–water partition coefficient (Wildman–Crippen LogP) is 5.70. The number of amides is 12. The third kappa shape index (κ3) is 20.1. The summed E-state index contributed by atoms with van der Waals surface area (Å²) in [5, 5.41) is 7.62. The second-order valence-electron chi connectivity index (χ2n) is 30.5. The van der Waals surface area contributed by atoms with E-state index in [0.29, 0.717) is 64.5 Å². The van der Waals surface area contributed by atoms with E-state index in [1.807, 2.05) is 20.8 Å². The molecule has 7 aliphatic rings. The number of fused-ring (bicyclic) bond motifs is 1. The minimum atomic E-state index is -4.51. The van der Waals surface area contributed by atoms with E-state index in [1.54, 1.807) is 11.8 Å². The molecule has 0 aromatic rings. The highest BCUT2D eigenvalue weighted by molar-refractivity contribution is 6.21. The molecule has 1 spiro atoms. The van der Waals surface area contributed by atoms with Crippen molar-refractivity contribution in [2.75, 3.05) is 88.6 Å². The van der Waals surface area contributed by atoms with Gasteiger partial charge in [-0.05, 0) is 126 Å². The van der Waals surface area contributed by atoms with Crippen molar-refractivity contribution in [3.05, 3.63) is 0 Å². The average molecular weight is 1420 g/mol. The Labute approximate surface area is 588 Å². The van der Waals surface area contributed by atoms with E-state index in [0.717, 1.165) is 59.6 Å². The van der Waals surface area contributed by atoms with Crippen LogP contribution in [0.15, 0.2) is 0 Å². The maximum absolute atomic E-state index is 15.7. The molecule has 4 aliphatic carbocycles. The van der Waals surface area contributed by atoms with Crippen LogP contribution in [0.4, 0.5) is 13.2 Å². The van der Waals surface area contributed by atoms with Gasteiger partial charge in [0.2, 0.25) is 70.9 Å². The van der Waals surface area contributed by atoms with Crippen molar-refractivity contribution >= 4 is 82.5 Å². The van der Waals surface area contributed by atoms with E-state index in [-0.39, 0.29) is 94.4 Å². The lowest BCUT2D eigenvalue weighted by Crippen LogP contribution is -2.65. The van der Waals surface area contributed by atoms with Crippen molar-refractivity contribution in [2.24, 2.45) is 35.5 Å². The fraction of sp³-hybridized carbons (Fsp3) is 0.831. The summed E-state index contributed by atoms with van der Waals surface area (Å²) in [6.45, 7) is 6.58. The lowest BCUT2D eigenvalue weighted by molar-refractivity contribution is -0.182. The molecule has 7 rings (SSSR count). The Morgan fingerprint density at radius 3 is 1.80 bits per heavy atom. The molecule has 12 amide bonds. The number of carbonyl (C=O) groups is 12. The number of likely N-dealkylation sites (N-methyl/N-ethyl adjacent to an activating group) is 7. The fourth-order valence-corrected chi connectivity index (χ4v) is 17.0. The smallest absolute Gasteiger partial charge is 0.343 e. The number of alkyl halides is 4. The van der Waals surface area contributed by atoms with E-state index < -0.39 is 168 Å². The third-order valence-electron chi connectivity index (χ3n) is 23.0. The van der Waals surface area contributed by atoms with Crippen LogP contribution in [-0.4, -0.2) is 263 Å². The van der Waals surface area contributed by atoms with Crippen molar-refractivity contribution in [1.82, 2.24) is 60.0 Å². The molecule has 4 saturated carbocycles. The molecule has 558 valence electrons. The van der Waals surface area contributed by atoms with Crippen LogP contribution in [0.5, 0.6) is 0 Å². The van der Waals surface area contributed by atoms with Gasteiger partial charge in [-0.1, -0.05) is 91.9 Å². The maximum Gasteiger partial charge on any atom is 0.393 e. The maximum atomic E-state index is 15.7. The van der Waals surface area contributed by atoms with Gasteiger partial charge in [-0.15, -0.1) is 11.6 Å². The van der Waals surface area contributed by atoms with Crippen LogP contribution in [0.25, 0.3) is 0 Å². The highest BCUT2D eigenvalue weighted by atomic mass is 35.5. The molecule has 11 atom stereocenters. The zero-order valence-corrected chi connectivity index (χ0v) is 61.4.